The fourth-order valence-corrected chi connectivity index (χ4v) is 1.80. The molecule has 0 heterocycles. The lowest BCUT2D eigenvalue weighted by atomic mass is 9.89. The third kappa shape index (κ3) is 6.50. The average Bonchev–Trinajstić information content (AvgIpc) is 2.22. The predicted octanol–water partition coefficient (Wildman–Crippen LogP) is 2.08. The summed E-state index contributed by atoms with van der Waals surface area (Å²) in [4.78, 5) is 11.1. The highest BCUT2D eigenvalue weighted by Crippen LogP contribution is 2.19. The van der Waals surface area contributed by atoms with Crippen molar-refractivity contribution in [2.45, 2.75) is 52.4 Å². The molecule has 0 radical (unpaired) electrons. The van der Waals surface area contributed by atoms with Crippen LogP contribution in [0.15, 0.2) is 0 Å². The van der Waals surface area contributed by atoms with Gasteiger partial charge >= 0.3 is 0 Å². The minimum Gasteiger partial charge on any atom is -0.396 e. The molecule has 0 aromatic rings. The summed E-state index contributed by atoms with van der Waals surface area (Å²) in [7, 11) is 0. The zero-order valence-electron chi connectivity index (χ0n) is 10.0. The highest BCUT2D eigenvalue weighted by Gasteiger charge is 2.21. The normalized spacial score (nSPS) is 14.9. The summed E-state index contributed by atoms with van der Waals surface area (Å²) >= 11 is 0. The zero-order chi connectivity index (χ0) is 11.7. The Balaban J connectivity index is 3.72. The van der Waals surface area contributed by atoms with Crippen molar-refractivity contribution in [3.63, 3.8) is 0 Å². The fraction of sp³-hybridized carbons (Fsp3) is 0.917. The highest BCUT2D eigenvalue weighted by molar-refractivity contribution is 5.76. The Kier molecular flexibility index (Phi) is 8.38. The van der Waals surface area contributed by atoms with E-state index in [0.29, 0.717) is 0 Å². The van der Waals surface area contributed by atoms with Gasteiger partial charge in [-0.1, -0.05) is 46.0 Å². The Morgan fingerprint density at radius 1 is 1.27 bits per heavy atom. The third-order valence-corrected chi connectivity index (χ3v) is 2.96. The standard InChI is InChI=1S/C12H25NO2/c1-3-4-5-6-7-8-11(12(13)15)10(2)9-14/h10-11,14H,3-9H2,1-2H3,(H2,13,15). The van der Waals surface area contributed by atoms with Crippen molar-refractivity contribution in [1.29, 1.82) is 0 Å². The van der Waals surface area contributed by atoms with E-state index in [9.17, 15) is 4.79 Å². The van der Waals surface area contributed by atoms with Gasteiger partial charge in [0.15, 0.2) is 0 Å². The smallest absolute Gasteiger partial charge is 0.220 e. The molecule has 3 nitrogen and oxygen atoms in total. The van der Waals surface area contributed by atoms with Crippen molar-refractivity contribution < 1.29 is 9.90 Å². The van der Waals surface area contributed by atoms with E-state index in [0.717, 1.165) is 19.3 Å². The van der Waals surface area contributed by atoms with Gasteiger partial charge in [0.05, 0.1) is 0 Å². The molecular formula is C12H25NO2. The Bertz CT molecular complexity index is 171. The second-order valence-electron chi connectivity index (χ2n) is 4.37. The molecule has 0 bridgehead atoms. The zero-order valence-corrected chi connectivity index (χ0v) is 10.0. The van der Waals surface area contributed by atoms with Gasteiger partial charge in [0.25, 0.3) is 0 Å². The van der Waals surface area contributed by atoms with Crippen molar-refractivity contribution in [2.75, 3.05) is 6.61 Å². The maximum absolute atomic E-state index is 11.1. The van der Waals surface area contributed by atoms with Gasteiger partial charge in [-0.15, -0.1) is 0 Å². The second kappa shape index (κ2) is 8.72. The molecule has 0 aromatic carbocycles. The molecule has 0 rings (SSSR count). The summed E-state index contributed by atoms with van der Waals surface area (Å²) in [5.41, 5.74) is 5.30. The van der Waals surface area contributed by atoms with Gasteiger partial charge in [-0.3, -0.25) is 4.79 Å². The van der Waals surface area contributed by atoms with E-state index < -0.39 is 0 Å². The Morgan fingerprint density at radius 3 is 2.33 bits per heavy atom. The van der Waals surface area contributed by atoms with E-state index in [1.807, 2.05) is 6.92 Å². The van der Waals surface area contributed by atoms with Crippen LogP contribution in [0, 0.1) is 11.8 Å². The summed E-state index contributed by atoms with van der Waals surface area (Å²) in [6, 6.07) is 0. The summed E-state index contributed by atoms with van der Waals surface area (Å²) in [5.74, 6) is -0.433. The van der Waals surface area contributed by atoms with Crippen molar-refractivity contribution in [3.05, 3.63) is 0 Å². The first-order chi connectivity index (χ1) is 7.13. The number of aliphatic hydroxyl groups excluding tert-OH is 1. The minimum absolute atomic E-state index is 0.00586. The number of carbonyl (C=O) groups is 1. The van der Waals surface area contributed by atoms with Crippen LogP contribution in [0.3, 0.4) is 0 Å². The second-order valence-corrected chi connectivity index (χ2v) is 4.37. The van der Waals surface area contributed by atoms with E-state index in [-0.39, 0.29) is 24.3 Å². The van der Waals surface area contributed by atoms with Gasteiger partial charge in [0, 0.05) is 12.5 Å². The first-order valence-electron chi connectivity index (χ1n) is 6.03. The van der Waals surface area contributed by atoms with E-state index in [4.69, 9.17) is 10.8 Å². The monoisotopic (exact) mass is 215 g/mol. The lowest BCUT2D eigenvalue weighted by Gasteiger charge is -2.18. The predicted molar refractivity (Wildman–Crippen MR) is 62.3 cm³/mol. The molecule has 0 saturated heterocycles. The van der Waals surface area contributed by atoms with Gasteiger partial charge in [-0.2, -0.15) is 0 Å². The molecule has 0 spiro atoms. The number of unbranched alkanes of at least 4 members (excludes halogenated alkanes) is 4. The number of primary amides is 1. The van der Waals surface area contributed by atoms with Crippen LogP contribution >= 0.6 is 0 Å². The van der Waals surface area contributed by atoms with E-state index in [2.05, 4.69) is 6.92 Å². The molecule has 15 heavy (non-hydrogen) atoms. The van der Waals surface area contributed by atoms with Crippen molar-refractivity contribution in [1.82, 2.24) is 0 Å². The fourth-order valence-electron chi connectivity index (χ4n) is 1.80. The molecule has 3 heteroatoms. The highest BCUT2D eigenvalue weighted by atomic mass is 16.3. The minimum atomic E-state index is -0.271. The van der Waals surface area contributed by atoms with E-state index in [1.54, 1.807) is 0 Å². The number of aliphatic hydroxyl groups is 1. The molecule has 0 aliphatic carbocycles. The van der Waals surface area contributed by atoms with Crippen LogP contribution in [0.1, 0.15) is 52.4 Å². The lowest BCUT2D eigenvalue weighted by Crippen LogP contribution is -2.30. The van der Waals surface area contributed by atoms with Gasteiger partial charge in [0.1, 0.15) is 0 Å². The Hall–Kier alpha value is -0.570. The molecule has 3 N–H and O–H groups in total. The summed E-state index contributed by atoms with van der Waals surface area (Å²) in [6.07, 6.45) is 6.74. The molecule has 2 unspecified atom stereocenters. The van der Waals surface area contributed by atoms with Crippen LogP contribution < -0.4 is 5.73 Å². The average molecular weight is 215 g/mol. The molecular weight excluding hydrogens is 190 g/mol. The van der Waals surface area contributed by atoms with Crippen LogP contribution in [-0.4, -0.2) is 17.6 Å². The van der Waals surface area contributed by atoms with Crippen molar-refractivity contribution in [3.8, 4) is 0 Å². The number of carbonyl (C=O) groups excluding carboxylic acids is 1. The van der Waals surface area contributed by atoms with Crippen LogP contribution in [0.25, 0.3) is 0 Å². The van der Waals surface area contributed by atoms with Crippen LogP contribution in [0.2, 0.25) is 0 Å². The summed E-state index contributed by atoms with van der Waals surface area (Å²) in [6.45, 7) is 4.10. The molecule has 0 aliphatic heterocycles. The first kappa shape index (κ1) is 14.4. The van der Waals surface area contributed by atoms with Crippen LogP contribution in [-0.2, 0) is 4.79 Å². The third-order valence-electron chi connectivity index (χ3n) is 2.96. The maximum atomic E-state index is 11.1. The van der Waals surface area contributed by atoms with Gasteiger partial charge in [0.2, 0.25) is 5.91 Å². The number of hydrogen-bond donors (Lipinski definition) is 2. The number of nitrogens with two attached hydrogens (primary N) is 1. The van der Waals surface area contributed by atoms with Crippen molar-refractivity contribution >= 4 is 5.91 Å². The Morgan fingerprint density at radius 2 is 1.87 bits per heavy atom. The van der Waals surface area contributed by atoms with E-state index >= 15 is 0 Å². The van der Waals surface area contributed by atoms with Gasteiger partial charge in [-0.05, 0) is 12.3 Å². The molecule has 90 valence electrons. The molecule has 0 aromatic heterocycles. The molecule has 0 fully saturated rings. The van der Waals surface area contributed by atoms with E-state index in [1.165, 1.54) is 19.3 Å². The summed E-state index contributed by atoms with van der Waals surface area (Å²) in [5, 5.41) is 8.99. The SMILES string of the molecule is CCCCCCCC(C(N)=O)C(C)CO. The van der Waals surface area contributed by atoms with Crippen LogP contribution in [0.4, 0.5) is 0 Å². The van der Waals surface area contributed by atoms with Crippen LogP contribution in [0.5, 0.6) is 0 Å². The lowest BCUT2D eigenvalue weighted by molar-refractivity contribution is -0.124. The molecule has 0 saturated carbocycles. The van der Waals surface area contributed by atoms with Gasteiger partial charge in [-0.25, -0.2) is 0 Å². The number of rotatable bonds is 9. The number of hydrogen-bond acceptors (Lipinski definition) is 2. The maximum Gasteiger partial charge on any atom is 0.220 e. The molecule has 0 aliphatic rings. The Labute approximate surface area is 93.0 Å². The van der Waals surface area contributed by atoms with Crippen molar-refractivity contribution in [2.24, 2.45) is 17.6 Å². The number of amides is 1. The summed E-state index contributed by atoms with van der Waals surface area (Å²) < 4.78 is 0. The first-order valence-corrected chi connectivity index (χ1v) is 6.03. The largest absolute Gasteiger partial charge is 0.396 e. The topological polar surface area (TPSA) is 63.3 Å². The molecule has 2 atom stereocenters. The quantitative estimate of drug-likeness (QED) is 0.578. The van der Waals surface area contributed by atoms with Gasteiger partial charge < -0.3 is 10.8 Å². The molecule has 1 amide bonds.